The third kappa shape index (κ3) is 1.90. The summed E-state index contributed by atoms with van der Waals surface area (Å²) in [6.45, 7) is 3.94. The number of halogens is 1. The number of rotatable bonds is 0. The lowest BCUT2D eigenvalue weighted by Gasteiger charge is -2.18. The summed E-state index contributed by atoms with van der Waals surface area (Å²) in [6.07, 6.45) is 2.53. The summed E-state index contributed by atoms with van der Waals surface area (Å²) in [5.41, 5.74) is 0. The lowest BCUT2D eigenvalue weighted by molar-refractivity contribution is -0.152. The van der Waals surface area contributed by atoms with Crippen LogP contribution in [0.4, 0.5) is 0 Å². The molecule has 0 aromatic rings. The Hall–Kier alpha value is -0.0400. The van der Waals surface area contributed by atoms with Gasteiger partial charge in [0, 0.05) is 21.8 Å². The van der Waals surface area contributed by atoms with Gasteiger partial charge in [0.2, 0.25) is 0 Å². The molecule has 1 unspecified atom stereocenters. The molecular weight excluding hydrogens is 232 g/mol. The van der Waals surface area contributed by atoms with Gasteiger partial charge in [0.15, 0.2) is 5.79 Å². The maximum absolute atomic E-state index is 5.74. The summed E-state index contributed by atoms with van der Waals surface area (Å²) in [7, 11) is 0. The Kier molecular flexibility index (Phi) is 2.39. The van der Waals surface area contributed by atoms with E-state index in [0.29, 0.717) is 5.92 Å². The normalized spacial score (nSPS) is 41.0. The van der Waals surface area contributed by atoms with Gasteiger partial charge in [-0.1, -0.05) is 5.92 Å². The predicted octanol–water partition coefficient (Wildman–Crippen LogP) is 2.27. The van der Waals surface area contributed by atoms with E-state index in [2.05, 4.69) is 26.7 Å². The van der Waals surface area contributed by atoms with Gasteiger partial charge in [0.1, 0.15) is 0 Å². The van der Waals surface area contributed by atoms with E-state index in [1.165, 1.54) is 0 Å². The number of hydrogen-bond donors (Lipinski definition) is 0. The van der Waals surface area contributed by atoms with Gasteiger partial charge in [-0.3, -0.25) is 0 Å². The molecule has 1 aliphatic heterocycles. The first-order valence-corrected chi connectivity index (χ1v) is 5.37. The number of hydrogen-bond acceptors (Lipinski definition) is 2. The summed E-state index contributed by atoms with van der Waals surface area (Å²) < 4.78 is 11.5. The molecular formula is C10H13BrO2. The third-order valence-corrected chi connectivity index (χ3v) is 2.81. The Morgan fingerprint density at radius 1 is 1.23 bits per heavy atom. The molecule has 0 N–H and O–H groups in total. The molecule has 0 bridgehead atoms. The zero-order chi connectivity index (χ0) is 9.47. The maximum atomic E-state index is 5.74. The Morgan fingerprint density at radius 2 is 1.77 bits per heavy atom. The third-order valence-electron chi connectivity index (χ3n) is 2.58. The molecule has 1 aliphatic carbocycles. The van der Waals surface area contributed by atoms with Crippen LogP contribution in [0.15, 0.2) is 0 Å². The van der Waals surface area contributed by atoms with Gasteiger partial charge >= 0.3 is 0 Å². The van der Waals surface area contributed by atoms with E-state index < -0.39 is 0 Å². The smallest absolute Gasteiger partial charge is 0.163 e. The monoisotopic (exact) mass is 244 g/mol. The summed E-state index contributed by atoms with van der Waals surface area (Å²) in [5, 5.41) is 0. The first-order valence-electron chi connectivity index (χ1n) is 4.57. The number of ether oxygens (including phenoxy) is 2. The van der Waals surface area contributed by atoms with Gasteiger partial charge in [0.05, 0.1) is 12.2 Å². The fraction of sp³-hybridized carbons (Fsp3) is 0.800. The molecule has 2 aliphatic rings. The maximum Gasteiger partial charge on any atom is 0.163 e. The van der Waals surface area contributed by atoms with Crippen molar-refractivity contribution in [3.05, 3.63) is 0 Å². The quantitative estimate of drug-likeness (QED) is 0.609. The zero-order valence-corrected chi connectivity index (χ0v) is 9.43. The molecule has 1 heterocycles. The van der Waals surface area contributed by atoms with Crippen molar-refractivity contribution >= 4 is 15.9 Å². The van der Waals surface area contributed by atoms with Crippen molar-refractivity contribution < 1.29 is 9.47 Å². The fourth-order valence-electron chi connectivity index (χ4n) is 2.16. The van der Waals surface area contributed by atoms with Crippen molar-refractivity contribution in [1.82, 2.24) is 0 Å². The van der Waals surface area contributed by atoms with E-state index in [1.807, 2.05) is 13.8 Å². The molecule has 3 atom stereocenters. The lowest BCUT2D eigenvalue weighted by Crippen LogP contribution is -2.22. The number of fused-ring (bicyclic) bond motifs is 1. The van der Waals surface area contributed by atoms with Crippen LogP contribution in [-0.4, -0.2) is 18.0 Å². The minimum atomic E-state index is -0.387. The lowest BCUT2D eigenvalue weighted by atomic mass is 10.1. The van der Waals surface area contributed by atoms with Crippen LogP contribution in [0.5, 0.6) is 0 Å². The van der Waals surface area contributed by atoms with Crippen LogP contribution in [-0.2, 0) is 9.47 Å². The highest BCUT2D eigenvalue weighted by molar-refractivity contribution is 9.12. The van der Waals surface area contributed by atoms with Gasteiger partial charge in [-0.15, -0.1) is 0 Å². The highest BCUT2D eigenvalue weighted by Gasteiger charge is 2.46. The highest BCUT2D eigenvalue weighted by atomic mass is 79.9. The Balaban J connectivity index is 1.99. The van der Waals surface area contributed by atoms with E-state index in [-0.39, 0.29) is 18.0 Å². The molecule has 3 heteroatoms. The molecule has 2 rings (SSSR count). The minimum absolute atomic E-state index is 0.258. The SMILES string of the molecule is CC1(C)O[C@H]2CC(C#CBr)C[C@H]2O1. The van der Waals surface area contributed by atoms with Crippen molar-refractivity contribution in [3.63, 3.8) is 0 Å². The largest absolute Gasteiger partial charge is 0.345 e. The average Bonchev–Trinajstić information content (AvgIpc) is 2.41. The van der Waals surface area contributed by atoms with E-state index in [9.17, 15) is 0 Å². The van der Waals surface area contributed by atoms with Gasteiger partial charge < -0.3 is 9.47 Å². The zero-order valence-electron chi connectivity index (χ0n) is 7.84. The first-order chi connectivity index (χ1) is 6.11. The van der Waals surface area contributed by atoms with Crippen molar-refractivity contribution in [3.8, 4) is 10.8 Å². The van der Waals surface area contributed by atoms with Gasteiger partial charge in [-0.25, -0.2) is 0 Å². The molecule has 1 saturated heterocycles. The van der Waals surface area contributed by atoms with Crippen molar-refractivity contribution in [2.45, 2.75) is 44.7 Å². The predicted molar refractivity (Wildman–Crippen MR) is 53.3 cm³/mol. The van der Waals surface area contributed by atoms with Crippen molar-refractivity contribution in [1.29, 1.82) is 0 Å². The molecule has 2 nitrogen and oxygen atoms in total. The van der Waals surface area contributed by atoms with Crippen LogP contribution < -0.4 is 0 Å². The van der Waals surface area contributed by atoms with E-state index >= 15 is 0 Å². The molecule has 13 heavy (non-hydrogen) atoms. The van der Waals surface area contributed by atoms with Crippen LogP contribution in [0.25, 0.3) is 0 Å². The summed E-state index contributed by atoms with van der Waals surface area (Å²) >= 11 is 3.12. The molecule has 0 spiro atoms. The summed E-state index contributed by atoms with van der Waals surface area (Å²) in [5.74, 6) is 3.16. The van der Waals surface area contributed by atoms with Crippen molar-refractivity contribution in [2.75, 3.05) is 0 Å². The summed E-state index contributed by atoms with van der Waals surface area (Å²) in [4.78, 5) is 2.77. The fourth-order valence-corrected chi connectivity index (χ4v) is 2.48. The second-order valence-corrected chi connectivity index (χ2v) is 4.52. The second-order valence-electron chi connectivity index (χ2n) is 4.12. The second kappa shape index (κ2) is 3.27. The van der Waals surface area contributed by atoms with Gasteiger partial charge in [-0.05, 0) is 31.5 Å². The Labute approximate surface area is 87.1 Å². The molecule has 0 aromatic carbocycles. The van der Waals surface area contributed by atoms with E-state index in [1.54, 1.807) is 0 Å². The molecule has 2 fully saturated rings. The molecule has 72 valence electrons. The molecule has 0 aromatic heterocycles. The topological polar surface area (TPSA) is 18.5 Å². The van der Waals surface area contributed by atoms with E-state index in [0.717, 1.165) is 12.8 Å². The molecule has 0 radical (unpaired) electrons. The van der Waals surface area contributed by atoms with Gasteiger partial charge in [-0.2, -0.15) is 0 Å². The molecule has 1 saturated carbocycles. The molecule has 0 amide bonds. The highest BCUT2D eigenvalue weighted by Crippen LogP contribution is 2.40. The van der Waals surface area contributed by atoms with Crippen LogP contribution >= 0.6 is 15.9 Å². The van der Waals surface area contributed by atoms with E-state index in [4.69, 9.17) is 9.47 Å². The van der Waals surface area contributed by atoms with Crippen LogP contribution in [0, 0.1) is 16.7 Å². The Bertz CT molecular complexity index is 248. The summed E-state index contributed by atoms with van der Waals surface area (Å²) in [6, 6.07) is 0. The van der Waals surface area contributed by atoms with Crippen LogP contribution in [0.2, 0.25) is 0 Å². The first kappa shape index (κ1) is 9.51. The average molecular weight is 245 g/mol. The van der Waals surface area contributed by atoms with Crippen LogP contribution in [0.3, 0.4) is 0 Å². The van der Waals surface area contributed by atoms with Gasteiger partial charge in [0.25, 0.3) is 0 Å². The minimum Gasteiger partial charge on any atom is -0.345 e. The Morgan fingerprint density at radius 3 is 2.23 bits per heavy atom. The standard InChI is InChI=1S/C10H13BrO2/c1-10(2)12-8-5-7(3-4-11)6-9(8)13-10/h7-9H,5-6H2,1-2H3/t7?,8-,9+. The van der Waals surface area contributed by atoms with Crippen molar-refractivity contribution in [2.24, 2.45) is 5.92 Å². The van der Waals surface area contributed by atoms with Crippen LogP contribution in [0.1, 0.15) is 26.7 Å².